The molecular weight excluding hydrogens is 228 g/mol. The second-order valence-corrected chi connectivity index (χ2v) is 5.17. The van der Waals surface area contributed by atoms with Crippen LogP contribution in [0.4, 0.5) is 0 Å². The van der Waals surface area contributed by atoms with Crippen LogP contribution in [0.1, 0.15) is 5.56 Å². The van der Waals surface area contributed by atoms with E-state index >= 15 is 0 Å². The molecule has 86 valence electrons. The lowest BCUT2D eigenvalue weighted by Crippen LogP contribution is -2.30. The molecule has 0 saturated heterocycles. The fourth-order valence-electron chi connectivity index (χ4n) is 1.21. The Kier molecular flexibility index (Phi) is 4.01. The minimum absolute atomic E-state index is 0.00208. The molecule has 1 rings (SSSR count). The van der Waals surface area contributed by atoms with Crippen molar-refractivity contribution in [1.82, 2.24) is 4.31 Å². The van der Waals surface area contributed by atoms with Crippen molar-refractivity contribution in [1.29, 1.82) is 5.26 Å². The van der Waals surface area contributed by atoms with Crippen LogP contribution in [0.2, 0.25) is 0 Å². The van der Waals surface area contributed by atoms with Crippen molar-refractivity contribution in [3.63, 3.8) is 0 Å². The van der Waals surface area contributed by atoms with E-state index in [9.17, 15) is 8.42 Å². The molecule has 1 aromatic carbocycles. The molecule has 0 spiro atoms. The summed E-state index contributed by atoms with van der Waals surface area (Å²) in [6, 6.07) is 7.81. The van der Waals surface area contributed by atoms with Gasteiger partial charge in [0, 0.05) is 13.6 Å². The van der Waals surface area contributed by atoms with E-state index in [4.69, 9.17) is 10.4 Å². The summed E-state index contributed by atoms with van der Waals surface area (Å²) in [6.07, 6.45) is 0. The molecule has 0 amide bonds. The lowest BCUT2D eigenvalue weighted by molar-refractivity contribution is 0.266. The van der Waals surface area contributed by atoms with Crippen LogP contribution in [-0.4, -0.2) is 38.0 Å². The predicted molar refractivity (Wildman–Crippen MR) is 58.1 cm³/mol. The highest BCUT2D eigenvalue weighted by Gasteiger charge is 2.22. The van der Waals surface area contributed by atoms with Crippen LogP contribution in [0, 0.1) is 11.3 Å². The van der Waals surface area contributed by atoms with Crippen molar-refractivity contribution >= 4 is 10.0 Å². The summed E-state index contributed by atoms with van der Waals surface area (Å²) in [6.45, 7) is -0.257. The van der Waals surface area contributed by atoms with Crippen LogP contribution >= 0.6 is 0 Å². The number of rotatable bonds is 4. The minimum atomic E-state index is -3.69. The Morgan fingerprint density at radius 2 is 2.06 bits per heavy atom. The first-order valence-corrected chi connectivity index (χ1v) is 6.04. The topological polar surface area (TPSA) is 81.4 Å². The van der Waals surface area contributed by atoms with Gasteiger partial charge in [0.2, 0.25) is 10.0 Å². The van der Waals surface area contributed by atoms with Crippen molar-refractivity contribution in [2.75, 3.05) is 20.2 Å². The second kappa shape index (κ2) is 5.07. The van der Waals surface area contributed by atoms with Crippen LogP contribution in [0.5, 0.6) is 0 Å². The number of hydrogen-bond acceptors (Lipinski definition) is 4. The number of sulfonamides is 1. The number of aliphatic hydroxyl groups is 1. The number of benzene rings is 1. The van der Waals surface area contributed by atoms with Crippen LogP contribution in [0.3, 0.4) is 0 Å². The van der Waals surface area contributed by atoms with E-state index in [1.54, 1.807) is 12.1 Å². The monoisotopic (exact) mass is 240 g/mol. The number of aliphatic hydroxyl groups excluding tert-OH is 1. The fourth-order valence-corrected chi connectivity index (χ4v) is 2.51. The van der Waals surface area contributed by atoms with Crippen molar-refractivity contribution in [3.8, 4) is 6.07 Å². The maximum atomic E-state index is 12.0. The molecule has 0 aromatic heterocycles. The first-order chi connectivity index (χ1) is 7.54. The van der Waals surface area contributed by atoms with Gasteiger partial charge in [-0.05, 0) is 12.1 Å². The summed E-state index contributed by atoms with van der Waals surface area (Å²) in [5.74, 6) is 0. The molecule has 0 fully saturated rings. The van der Waals surface area contributed by atoms with Gasteiger partial charge in [-0.25, -0.2) is 8.42 Å². The van der Waals surface area contributed by atoms with E-state index in [-0.39, 0.29) is 23.6 Å². The molecule has 0 heterocycles. The Balaban J connectivity index is 3.23. The lowest BCUT2D eigenvalue weighted by Gasteiger charge is -2.16. The number of hydrogen-bond donors (Lipinski definition) is 1. The molecule has 0 radical (unpaired) electrons. The molecule has 1 N–H and O–H groups in total. The van der Waals surface area contributed by atoms with E-state index in [2.05, 4.69) is 0 Å². The van der Waals surface area contributed by atoms with Gasteiger partial charge in [-0.15, -0.1) is 0 Å². The van der Waals surface area contributed by atoms with E-state index in [0.717, 1.165) is 4.31 Å². The van der Waals surface area contributed by atoms with Crippen LogP contribution in [-0.2, 0) is 10.0 Å². The molecule has 5 nitrogen and oxygen atoms in total. The average molecular weight is 240 g/mol. The van der Waals surface area contributed by atoms with Gasteiger partial charge in [-0.3, -0.25) is 0 Å². The number of likely N-dealkylation sites (N-methyl/N-ethyl adjacent to an activating group) is 1. The predicted octanol–water partition coefficient (Wildman–Crippen LogP) is 0.171. The van der Waals surface area contributed by atoms with Crippen LogP contribution < -0.4 is 0 Å². The van der Waals surface area contributed by atoms with Crippen molar-refractivity contribution in [2.45, 2.75) is 4.90 Å². The zero-order valence-corrected chi connectivity index (χ0v) is 9.61. The summed E-state index contributed by atoms with van der Waals surface area (Å²) in [7, 11) is -2.33. The summed E-state index contributed by atoms with van der Waals surface area (Å²) < 4.78 is 24.9. The fraction of sp³-hybridized carbons (Fsp3) is 0.300. The van der Waals surface area contributed by atoms with E-state index in [1.807, 2.05) is 6.07 Å². The Morgan fingerprint density at radius 1 is 1.44 bits per heavy atom. The lowest BCUT2D eigenvalue weighted by atomic mass is 10.2. The van der Waals surface area contributed by atoms with Gasteiger partial charge < -0.3 is 5.11 Å². The third kappa shape index (κ3) is 2.39. The van der Waals surface area contributed by atoms with Crippen LogP contribution in [0.25, 0.3) is 0 Å². The largest absolute Gasteiger partial charge is 0.395 e. The van der Waals surface area contributed by atoms with Gasteiger partial charge in [0.15, 0.2) is 0 Å². The molecule has 0 aliphatic carbocycles. The quantitative estimate of drug-likeness (QED) is 0.813. The van der Waals surface area contributed by atoms with Gasteiger partial charge in [0.1, 0.15) is 6.07 Å². The zero-order chi connectivity index (χ0) is 12.2. The molecule has 0 unspecified atom stereocenters. The normalized spacial score (nSPS) is 11.4. The molecule has 6 heteroatoms. The molecule has 0 bridgehead atoms. The third-order valence-corrected chi connectivity index (χ3v) is 4.03. The van der Waals surface area contributed by atoms with Crippen LogP contribution in [0.15, 0.2) is 29.2 Å². The summed E-state index contributed by atoms with van der Waals surface area (Å²) in [5, 5.41) is 17.5. The van der Waals surface area contributed by atoms with Gasteiger partial charge in [0.05, 0.1) is 17.1 Å². The molecule has 1 aromatic rings. The first-order valence-electron chi connectivity index (χ1n) is 4.60. The highest BCUT2D eigenvalue weighted by atomic mass is 32.2. The van der Waals surface area contributed by atoms with E-state index in [1.165, 1.54) is 19.2 Å². The van der Waals surface area contributed by atoms with Crippen molar-refractivity contribution < 1.29 is 13.5 Å². The van der Waals surface area contributed by atoms with Crippen molar-refractivity contribution in [3.05, 3.63) is 29.8 Å². The van der Waals surface area contributed by atoms with Gasteiger partial charge in [-0.2, -0.15) is 9.57 Å². The molecular formula is C10H12N2O3S. The molecule has 16 heavy (non-hydrogen) atoms. The van der Waals surface area contributed by atoms with E-state index < -0.39 is 10.0 Å². The third-order valence-electron chi connectivity index (χ3n) is 2.11. The summed E-state index contributed by atoms with van der Waals surface area (Å²) >= 11 is 0. The second-order valence-electron chi connectivity index (χ2n) is 3.16. The molecule has 0 saturated carbocycles. The highest BCUT2D eigenvalue weighted by molar-refractivity contribution is 7.89. The number of nitriles is 1. The van der Waals surface area contributed by atoms with E-state index in [0.29, 0.717) is 0 Å². The zero-order valence-electron chi connectivity index (χ0n) is 8.79. The average Bonchev–Trinajstić information content (AvgIpc) is 2.29. The number of nitrogens with zero attached hydrogens (tertiary/aromatic N) is 2. The van der Waals surface area contributed by atoms with Gasteiger partial charge >= 0.3 is 0 Å². The Bertz CT molecular complexity index is 505. The SMILES string of the molecule is CN(CCO)S(=O)(=O)c1ccccc1C#N. The Hall–Kier alpha value is -1.42. The molecule has 0 atom stereocenters. The molecule has 0 aliphatic heterocycles. The Labute approximate surface area is 94.6 Å². The summed E-state index contributed by atoms with van der Waals surface area (Å²) in [4.78, 5) is -0.0338. The smallest absolute Gasteiger partial charge is 0.244 e. The van der Waals surface area contributed by atoms with Crippen molar-refractivity contribution in [2.24, 2.45) is 0 Å². The maximum absolute atomic E-state index is 12.0. The van der Waals surface area contributed by atoms with Gasteiger partial charge in [-0.1, -0.05) is 12.1 Å². The maximum Gasteiger partial charge on any atom is 0.244 e. The Morgan fingerprint density at radius 3 is 2.62 bits per heavy atom. The summed E-state index contributed by atoms with van der Waals surface area (Å²) in [5.41, 5.74) is 0.104. The minimum Gasteiger partial charge on any atom is -0.395 e. The highest BCUT2D eigenvalue weighted by Crippen LogP contribution is 2.17. The molecule has 0 aliphatic rings. The first kappa shape index (κ1) is 12.6. The standard InChI is InChI=1S/C10H12N2O3S/c1-12(6-7-13)16(14,15)10-5-3-2-4-9(10)8-11/h2-5,13H,6-7H2,1H3. The van der Waals surface area contributed by atoms with Gasteiger partial charge in [0.25, 0.3) is 0 Å².